The number of nitrogens with one attached hydrogen (secondary N) is 2. The van der Waals surface area contributed by atoms with Crippen molar-refractivity contribution in [2.24, 2.45) is 0 Å². The van der Waals surface area contributed by atoms with Gasteiger partial charge in [-0.15, -0.1) is 0 Å². The summed E-state index contributed by atoms with van der Waals surface area (Å²) < 4.78 is 83.5. The second kappa shape index (κ2) is 14.9. The molecule has 18 nitrogen and oxygen atoms in total. The van der Waals surface area contributed by atoms with Crippen molar-refractivity contribution in [2.75, 3.05) is 50.5 Å². The van der Waals surface area contributed by atoms with E-state index in [1.165, 1.54) is 33.9 Å². The van der Waals surface area contributed by atoms with E-state index in [4.69, 9.17) is 0 Å². The maximum absolute atomic E-state index is 13.8. The second-order valence-electron chi connectivity index (χ2n) is 14.0. The third kappa shape index (κ3) is 6.58. The van der Waals surface area contributed by atoms with Crippen molar-refractivity contribution in [3.63, 3.8) is 0 Å². The zero-order chi connectivity index (χ0) is 43.8. The monoisotopic (exact) mass is 848 g/mol. The molecule has 316 valence electrons. The highest BCUT2D eigenvalue weighted by molar-refractivity contribution is 6.01. The number of halogens is 6. The van der Waals surface area contributed by atoms with Crippen LogP contribution in [0, 0.1) is 34.9 Å². The van der Waals surface area contributed by atoms with Gasteiger partial charge in [0.05, 0.1) is 24.5 Å². The minimum absolute atomic E-state index is 0.0330. The summed E-state index contributed by atoms with van der Waals surface area (Å²) in [5.74, 6) is -12.8. The average molecular weight is 849 g/mol. The number of carbonyl (C=O) groups excluding carboxylic acids is 4. The summed E-state index contributed by atoms with van der Waals surface area (Å²) in [5.41, 5.74) is -6.24. The number of aromatic hydroxyl groups is 2. The van der Waals surface area contributed by atoms with Crippen molar-refractivity contribution in [3.8, 4) is 11.5 Å². The number of hydrogen-bond donors (Lipinski definition) is 6. The van der Waals surface area contributed by atoms with Crippen molar-refractivity contribution in [3.05, 3.63) is 125 Å². The third-order valence-electron chi connectivity index (χ3n) is 10.1. The summed E-state index contributed by atoms with van der Waals surface area (Å²) in [4.78, 5) is 77.9. The van der Waals surface area contributed by atoms with Crippen LogP contribution in [0.2, 0.25) is 0 Å². The van der Waals surface area contributed by atoms with Crippen molar-refractivity contribution in [1.82, 2.24) is 29.8 Å². The number of hydrogen-bond acceptors (Lipinski definition) is 12. The minimum atomic E-state index is -1.34. The Morgan fingerprint density at radius 1 is 0.617 bits per heavy atom. The number of rotatable bonds is 6. The van der Waals surface area contributed by atoms with Gasteiger partial charge in [0.2, 0.25) is 10.9 Å². The highest BCUT2D eigenvalue weighted by atomic mass is 19.2. The van der Waals surface area contributed by atoms with Gasteiger partial charge in [-0.05, 0) is 0 Å². The first-order valence-electron chi connectivity index (χ1n) is 17.5. The molecule has 0 saturated heterocycles. The van der Waals surface area contributed by atoms with E-state index >= 15 is 0 Å². The molecule has 0 spiro atoms. The number of nitrogens with zero attached hydrogens (tertiary/aromatic N) is 6. The molecule has 6 heterocycles. The molecule has 60 heavy (non-hydrogen) atoms. The van der Waals surface area contributed by atoms with Crippen LogP contribution >= 0.6 is 0 Å². The first-order valence-corrected chi connectivity index (χ1v) is 17.5. The van der Waals surface area contributed by atoms with Gasteiger partial charge in [0.1, 0.15) is 71.6 Å². The van der Waals surface area contributed by atoms with E-state index in [1.54, 1.807) is 0 Å². The maximum Gasteiger partial charge on any atom is 0.277 e. The molecular weight excluding hydrogens is 818 g/mol. The number of carbonyl (C=O) groups is 4. The lowest BCUT2D eigenvalue weighted by atomic mass is 10.1. The maximum atomic E-state index is 13.8. The zero-order valence-corrected chi connectivity index (χ0v) is 30.9. The van der Waals surface area contributed by atoms with Crippen LogP contribution in [-0.2, 0) is 13.1 Å². The standard InChI is InChI=1S/2C18H15F3N4O5/c2*1-23-6-24-5-11(26)13-12(15(27)16(28)14(18(23)30)25(13)24)17(29)22-4-8-9(20)2-7(19)3-10(8)21/h2*2-3,11,26,28H,4-6H2,1H3,(H,22,29)/t2*11-/m10/s1. The Kier molecular flexibility index (Phi) is 10.2. The topological polar surface area (TPSA) is 230 Å². The van der Waals surface area contributed by atoms with E-state index in [1.807, 2.05) is 0 Å². The van der Waals surface area contributed by atoms with E-state index in [0.717, 1.165) is 9.35 Å². The van der Waals surface area contributed by atoms with Gasteiger partial charge in [0.15, 0.2) is 22.9 Å². The van der Waals surface area contributed by atoms with Gasteiger partial charge in [-0.1, -0.05) is 0 Å². The molecule has 0 aliphatic carbocycles. The molecule has 4 amide bonds. The molecule has 2 atom stereocenters. The molecule has 0 saturated carbocycles. The molecule has 2 aromatic heterocycles. The van der Waals surface area contributed by atoms with Crippen LogP contribution in [0.15, 0.2) is 33.9 Å². The number of pyridine rings is 2. The summed E-state index contributed by atoms with van der Waals surface area (Å²) in [6.07, 6.45) is -2.67. The van der Waals surface area contributed by atoms with Crippen LogP contribution in [-0.4, -0.2) is 104 Å². The fourth-order valence-corrected chi connectivity index (χ4v) is 7.32. The fourth-order valence-electron chi connectivity index (χ4n) is 7.32. The first kappa shape index (κ1) is 41.1. The van der Waals surface area contributed by atoms with E-state index in [0.29, 0.717) is 24.3 Å². The Bertz CT molecular complexity index is 2470. The van der Waals surface area contributed by atoms with Crippen LogP contribution in [0.4, 0.5) is 26.3 Å². The summed E-state index contributed by atoms with van der Waals surface area (Å²) in [6.45, 7) is -1.50. The first-order chi connectivity index (χ1) is 28.2. The Morgan fingerprint density at radius 3 is 1.25 bits per heavy atom. The fraction of sp³-hybridized carbons (Fsp3) is 0.278. The molecule has 0 radical (unpaired) electrons. The normalized spacial score (nSPS) is 17.4. The Labute approximate surface area is 331 Å². The number of aliphatic hydroxyl groups is 2. The van der Waals surface area contributed by atoms with Crippen LogP contribution in [0.3, 0.4) is 0 Å². The lowest BCUT2D eigenvalue weighted by Crippen LogP contribution is -2.51. The molecule has 4 aliphatic rings. The van der Waals surface area contributed by atoms with Gasteiger partial charge in [-0.25, -0.2) is 35.7 Å². The number of aromatic nitrogens is 2. The second-order valence-corrected chi connectivity index (χ2v) is 14.0. The van der Waals surface area contributed by atoms with Crippen molar-refractivity contribution >= 4 is 23.6 Å². The van der Waals surface area contributed by atoms with Crippen molar-refractivity contribution in [2.45, 2.75) is 25.3 Å². The SMILES string of the molecule is CN1CN2C[C@@H](O)c3c(C(=O)NCc4c(F)cc(F)cc4F)c(=O)c(O)c(n32)C1=O.CN1CN2C[C@H](O)c3c(C(=O)NCc4c(F)cc(F)cc4F)c(=O)c(O)c(n32)C1=O. The predicted octanol–water partition coefficient (Wildman–Crippen LogP) is -0.141. The number of benzene rings is 2. The van der Waals surface area contributed by atoms with Crippen molar-refractivity contribution in [1.29, 1.82) is 0 Å². The molecule has 24 heteroatoms. The highest BCUT2D eigenvalue weighted by Crippen LogP contribution is 2.34. The van der Waals surface area contributed by atoms with E-state index < -0.39 is 140 Å². The Morgan fingerprint density at radius 2 is 0.933 bits per heavy atom. The summed E-state index contributed by atoms with van der Waals surface area (Å²) in [5, 5.41) is 48.6. The highest BCUT2D eigenvalue weighted by Gasteiger charge is 2.44. The van der Waals surface area contributed by atoms with Crippen molar-refractivity contribution < 1.29 is 65.9 Å². The van der Waals surface area contributed by atoms with Gasteiger partial charge < -0.3 is 40.9 Å². The molecule has 4 aliphatic heterocycles. The minimum Gasteiger partial charge on any atom is -0.502 e. The zero-order valence-electron chi connectivity index (χ0n) is 30.9. The molecule has 4 aromatic rings. The lowest BCUT2D eigenvalue weighted by Gasteiger charge is -2.35. The van der Waals surface area contributed by atoms with Gasteiger partial charge in [0, 0.05) is 62.6 Å². The van der Waals surface area contributed by atoms with Crippen LogP contribution in [0.5, 0.6) is 11.5 Å². The number of aliphatic hydroxyl groups excluding tert-OH is 2. The van der Waals surface area contributed by atoms with Crippen LogP contribution < -0.4 is 31.5 Å². The Hall–Kier alpha value is -7.08. The van der Waals surface area contributed by atoms with Crippen LogP contribution in [0.25, 0.3) is 0 Å². The van der Waals surface area contributed by atoms with Gasteiger partial charge in [0.25, 0.3) is 23.6 Å². The quantitative estimate of drug-likeness (QED) is 0.139. The molecule has 2 aromatic carbocycles. The molecule has 0 bridgehead atoms. The van der Waals surface area contributed by atoms with Gasteiger partial charge in [-0.3, -0.25) is 38.8 Å². The van der Waals surface area contributed by atoms with E-state index in [2.05, 4.69) is 10.6 Å². The molecule has 8 rings (SSSR count). The largest absolute Gasteiger partial charge is 0.502 e. The third-order valence-corrected chi connectivity index (χ3v) is 10.1. The summed E-state index contributed by atoms with van der Waals surface area (Å²) in [7, 11) is 2.87. The molecule has 0 fully saturated rings. The summed E-state index contributed by atoms with van der Waals surface area (Å²) in [6, 6.07) is 1.75. The molecule has 6 N–H and O–H groups in total. The molecular formula is C36H30F6N8O10. The van der Waals surface area contributed by atoms with Gasteiger partial charge >= 0.3 is 0 Å². The lowest BCUT2D eigenvalue weighted by molar-refractivity contribution is 0.0729. The number of amides is 4. The van der Waals surface area contributed by atoms with E-state index in [9.17, 15) is 75.5 Å². The smallest absolute Gasteiger partial charge is 0.277 e. The Balaban J connectivity index is 0.000000181. The van der Waals surface area contributed by atoms with Crippen LogP contribution in [0.1, 0.15) is 76.4 Å². The summed E-state index contributed by atoms with van der Waals surface area (Å²) >= 11 is 0. The molecule has 0 unspecified atom stereocenters. The van der Waals surface area contributed by atoms with Gasteiger partial charge in [-0.2, -0.15) is 0 Å². The van der Waals surface area contributed by atoms with E-state index in [-0.39, 0.29) is 37.8 Å². The average Bonchev–Trinajstić information content (AvgIpc) is 3.65. The predicted molar refractivity (Wildman–Crippen MR) is 190 cm³/mol.